The van der Waals surface area contributed by atoms with Gasteiger partial charge in [-0.2, -0.15) is 13.2 Å². The first kappa shape index (κ1) is 18.1. The Bertz CT molecular complexity index is 923. The van der Waals surface area contributed by atoms with E-state index in [0.29, 0.717) is 16.4 Å². The first-order chi connectivity index (χ1) is 12.3. The zero-order chi connectivity index (χ0) is 18.7. The third-order valence-electron chi connectivity index (χ3n) is 3.57. The third kappa shape index (κ3) is 4.26. The highest BCUT2D eigenvalue weighted by Crippen LogP contribution is 2.31. The van der Waals surface area contributed by atoms with Crippen molar-refractivity contribution in [1.29, 1.82) is 0 Å². The second kappa shape index (κ2) is 7.25. The predicted molar refractivity (Wildman–Crippen MR) is 93.9 cm³/mol. The highest BCUT2D eigenvalue weighted by molar-refractivity contribution is 7.15. The van der Waals surface area contributed by atoms with E-state index < -0.39 is 17.6 Å². The van der Waals surface area contributed by atoms with Gasteiger partial charge in [-0.25, -0.2) is 4.98 Å². The Kier molecular flexibility index (Phi) is 5.03. The molecule has 0 aliphatic rings. The maximum Gasteiger partial charge on any atom is 0.416 e. The second-order valence-electron chi connectivity index (χ2n) is 5.55. The van der Waals surface area contributed by atoms with Crippen LogP contribution in [-0.4, -0.2) is 15.9 Å². The summed E-state index contributed by atoms with van der Waals surface area (Å²) in [6.45, 7) is 1.79. The van der Waals surface area contributed by atoms with E-state index in [9.17, 15) is 18.0 Å². The number of hydrogen-bond donors (Lipinski definition) is 1. The summed E-state index contributed by atoms with van der Waals surface area (Å²) < 4.78 is 38.2. The van der Waals surface area contributed by atoms with E-state index in [4.69, 9.17) is 0 Å². The van der Waals surface area contributed by atoms with Crippen LogP contribution in [0.15, 0.2) is 48.7 Å². The molecule has 0 atom stereocenters. The predicted octanol–water partition coefficient (Wildman–Crippen LogP) is 4.71. The van der Waals surface area contributed by atoms with Crippen LogP contribution in [0.4, 0.5) is 18.9 Å². The van der Waals surface area contributed by atoms with E-state index in [0.717, 1.165) is 17.0 Å². The van der Waals surface area contributed by atoms with Crippen LogP contribution in [-0.2, 0) is 17.4 Å². The molecule has 3 aromatic rings. The van der Waals surface area contributed by atoms with Crippen LogP contribution >= 0.6 is 11.3 Å². The fraction of sp³-hybridized carbons (Fsp3) is 0.167. The zero-order valence-corrected chi connectivity index (χ0v) is 14.5. The van der Waals surface area contributed by atoms with Gasteiger partial charge < -0.3 is 5.32 Å². The molecule has 2 heterocycles. The van der Waals surface area contributed by atoms with Crippen LogP contribution in [0.3, 0.4) is 0 Å². The lowest BCUT2D eigenvalue weighted by molar-refractivity contribution is -0.137. The number of anilines is 1. The molecule has 0 aliphatic carbocycles. The number of thiazole rings is 1. The largest absolute Gasteiger partial charge is 0.416 e. The Morgan fingerprint density at radius 2 is 2.00 bits per heavy atom. The molecule has 0 unspecified atom stereocenters. The molecule has 0 fully saturated rings. The van der Waals surface area contributed by atoms with E-state index >= 15 is 0 Å². The molecule has 0 aliphatic heterocycles. The number of amides is 1. The molecule has 0 bridgehead atoms. The van der Waals surface area contributed by atoms with Crippen LogP contribution < -0.4 is 5.32 Å². The number of nitrogens with one attached hydrogen (secondary N) is 1. The molecule has 4 nitrogen and oxygen atoms in total. The summed E-state index contributed by atoms with van der Waals surface area (Å²) in [7, 11) is 0. The molecule has 0 radical (unpaired) electrons. The van der Waals surface area contributed by atoms with Crippen molar-refractivity contribution in [3.8, 4) is 10.7 Å². The van der Waals surface area contributed by atoms with Gasteiger partial charge in [0.05, 0.1) is 23.4 Å². The minimum Gasteiger partial charge on any atom is -0.326 e. The standard InChI is InChI=1S/C18H14F3N3OS/c1-11-15(26-17(23-11)14-7-2-3-8-22-14)10-16(25)24-13-6-4-5-12(9-13)18(19,20)21/h2-9H,10H2,1H3,(H,24,25). The van der Waals surface area contributed by atoms with Gasteiger partial charge in [0.15, 0.2) is 0 Å². The van der Waals surface area contributed by atoms with Crippen LogP contribution in [0.2, 0.25) is 0 Å². The van der Waals surface area contributed by atoms with Gasteiger partial charge in [0.1, 0.15) is 5.01 Å². The molecule has 134 valence electrons. The molecule has 8 heteroatoms. The highest BCUT2D eigenvalue weighted by atomic mass is 32.1. The van der Waals surface area contributed by atoms with Crippen molar-refractivity contribution < 1.29 is 18.0 Å². The Morgan fingerprint density at radius 1 is 1.19 bits per heavy atom. The lowest BCUT2D eigenvalue weighted by atomic mass is 10.2. The Hall–Kier alpha value is -2.74. The summed E-state index contributed by atoms with van der Waals surface area (Å²) in [6.07, 6.45) is -2.76. The molecule has 2 aromatic heterocycles. The highest BCUT2D eigenvalue weighted by Gasteiger charge is 2.30. The zero-order valence-electron chi connectivity index (χ0n) is 13.7. The number of pyridine rings is 1. The van der Waals surface area contributed by atoms with Crippen molar-refractivity contribution in [2.75, 3.05) is 5.32 Å². The van der Waals surface area contributed by atoms with Crippen LogP contribution in [0, 0.1) is 6.92 Å². The van der Waals surface area contributed by atoms with Gasteiger partial charge in [0.2, 0.25) is 5.91 Å². The molecular formula is C18H14F3N3OS. The minimum atomic E-state index is -4.45. The second-order valence-corrected chi connectivity index (χ2v) is 6.63. The normalized spacial score (nSPS) is 11.4. The van der Waals surface area contributed by atoms with Gasteiger partial charge >= 0.3 is 6.18 Å². The number of hydrogen-bond acceptors (Lipinski definition) is 4. The average molecular weight is 377 g/mol. The summed E-state index contributed by atoms with van der Waals surface area (Å²) >= 11 is 1.34. The van der Waals surface area contributed by atoms with E-state index in [1.165, 1.54) is 23.5 Å². The number of benzene rings is 1. The Morgan fingerprint density at radius 3 is 2.69 bits per heavy atom. The summed E-state index contributed by atoms with van der Waals surface area (Å²) in [5.74, 6) is -0.399. The minimum absolute atomic E-state index is 0.0343. The number of halogens is 3. The number of aryl methyl sites for hydroxylation is 1. The van der Waals surface area contributed by atoms with E-state index in [1.54, 1.807) is 19.2 Å². The molecule has 0 saturated heterocycles. The van der Waals surface area contributed by atoms with E-state index in [2.05, 4.69) is 15.3 Å². The lowest BCUT2D eigenvalue weighted by Crippen LogP contribution is -2.15. The number of carbonyl (C=O) groups excluding carboxylic acids is 1. The molecule has 0 spiro atoms. The van der Waals surface area contributed by atoms with E-state index in [-0.39, 0.29) is 12.1 Å². The van der Waals surface area contributed by atoms with Gasteiger partial charge in [-0.15, -0.1) is 11.3 Å². The Balaban J connectivity index is 1.72. The molecule has 26 heavy (non-hydrogen) atoms. The first-order valence-corrected chi connectivity index (χ1v) is 8.49. The topological polar surface area (TPSA) is 54.9 Å². The number of alkyl halides is 3. The number of aromatic nitrogens is 2. The van der Waals surface area contributed by atoms with Gasteiger partial charge in [-0.05, 0) is 37.3 Å². The third-order valence-corrected chi connectivity index (χ3v) is 4.75. The fourth-order valence-electron chi connectivity index (χ4n) is 2.32. The van der Waals surface area contributed by atoms with Gasteiger partial charge in [-0.3, -0.25) is 9.78 Å². The van der Waals surface area contributed by atoms with Crippen molar-refractivity contribution >= 4 is 22.9 Å². The van der Waals surface area contributed by atoms with E-state index in [1.807, 2.05) is 12.1 Å². The van der Waals surface area contributed by atoms with Crippen LogP contribution in [0.5, 0.6) is 0 Å². The van der Waals surface area contributed by atoms with Gasteiger partial charge in [0, 0.05) is 16.8 Å². The maximum atomic E-state index is 12.7. The van der Waals surface area contributed by atoms with Gasteiger partial charge in [-0.1, -0.05) is 12.1 Å². The summed E-state index contributed by atoms with van der Waals surface area (Å²) in [6, 6.07) is 10.0. The molecule has 3 rings (SSSR count). The van der Waals surface area contributed by atoms with Crippen LogP contribution in [0.1, 0.15) is 16.1 Å². The molecular weight excluding hydrogens is 363 g/mol. The van der Waals surface area contributed by atoms with Crippen LogP contribution in [0.25, 0.3) is 10.7 Å². The fourth-order valence-corrected chi connectivity index (χ4v) is 3.35. The number of nitrogens with zero attached hydrogens (tertiary/aromatic N) is 2. The molecule has 1 amide bonds. The monoisotopic (exact) mass is 377 g/mol. The quantitative estimate of drug-likeness (QED) is 0.716. The lowest BCUT2D eigenvalue weighted by Gasteiger charge is -2.09. The Labute approximate surface area is 151 Å². The van der Waals surface area contributed by atoms with Crippen molar-refractivity contribution in [2.45, 2.75) is 19.5 Å². The number of rotatable bonds is 4. The molecule has 1 aromatic carbocycles. The summed E-state index contributed by atoms with van der Waals surface area (Å²) in [5, 5.41) is 3.20. The first-order valence-electron chi connectivity index (χ1n) is 7.68. The molecule has 0 saturated carbocycles. The van der Waals surface area contributed by atoms with Crippen molar-refractivity contribution in [3.05, 3.63) is 64.8 Å². The number of carbonyl (C=O) groups is 1. The smallest absolute Gasteiger partial charge is 0.326 e. The maximum absolute atomic E-state index is 12.7. The van der Waals surface area contributed by atoms with Crippen molar-refractivity contribution in [3.63, 3.8) is 0 Å². The van der Waals surface area contributed by atoms with Gasteiger partial charge in [0.25, 0.3) is 0 Å². The average Bonchev–Trinajstić information content (AvgIpc) is 2.96. The summed E-state index contributed by atoms with van der Waals surface area (Å²) in [4.78, 5) is 21.6. The molecule has 1 N–H and O–H groups in total. The summed E-state index contributed by atoms with van der Waals surface area (Å²) in [5.41, 5.74) is 0.721. The van der Waals surface area contributed by atoms with Crippen molar-refractivity contribution in [1.82, 2.24) is 9.97 Å². The van der Waals surface area contributed by atoms with Crippen molar-refractivity contribution in [2.24, 2.45) is 0 Å². The SMILES string of the molecule is Cc1nc(-c2ccccn2)sc1CC(=O)Nc1cccc(C(F)(F)F)c1.